The number of methoxy groups -OCH3 is 2. The minimum Gasteiger partial charge on any atom is -0.439 e. The molecule has 0 saturated carbocycles. The summed E-state index contributed by atoms with van der Waals surface area (Å²) in [5.41, 5.74) is -2.90. The van der Waals surface area contributed by atoms with Crippen LogP contribution in [-0.2, 0) is 47.6 Å². The van der Waals surface area contributed by atoms with Gasteiger partial charge in [-0.05, 0) is 26.3 Å². The lowest BCUT2D eigenvalue weighted by Gasteiger charge is -2.30. The molecule has 6 atom stereocenters. The first-order valence-electron chi connectivity index (χ1n) is 13.8. The zero-order valence-corrected chi connectivity index (χ0v) is 26.6. The number of hydrogen-bond acceptors (Lipinski definition) is 11. The van der Waals surface area contributed by atoms with Gasteiger partial charge in [0.05, 0.1) is 29.1 Å². The molecule has 0 aromatic heterocycles. The Morgan fingerprint density at radius 3 is 2.37 bits per heavy atom. The Morgan fingerprint density at radius 1 is 1.15 bits per heavy atom. The molecule has 0 spiro atoms. The molecule has 254 valence electrons. The van der Waals surface area contributed by atoms with Crippen molar-refractivity contribution in [3.63, 3.8) is 0 Å². The molecule has 2 heterocycles. The lowest BCUT2D eigenvalue weighted by molar-refractivity contribution is -0.121. The Balaban J connectivity index is 2.21. The van der Waals surface area contributed by atoms with E-state index in [2.05, 4.69) is 9.50 Å². The van der Waals surface area contributed by atoms with Crippen LogP contribution in [0, 0.1) is 5.92 Å². The number of carbonyl (C=O) groups is 4. The molecule has 17 heteroatoms. The van der Waals surface area contributed by atoms with Crippen LogP contribution in [-0.4, -0.2) is 81.7 Å². The summed E-state index contributed by atoms with van der Waals surface area (Å²) in [4.78, 5) is 51.3. The predicted molar refractivity (Wildman–Crippen MR) is 154 cm³/mol. The third kappa shape index (κ3) is 8.12. The topological polar surface area (TPSA) is 187 Å². The van der Waals surface area contributed by atoms with Crippen LogP contribution in [0.2, 0.25) is 0 Å². The third-order valence-electron chi connectivity index (χ3n) is 7.60. The summed E-state index contributed by atoms with van der Waals surface area (Å²) in [6, 6.07) is 0. The molecule has 0 aromatic rings. The van der Waals surface area contributed by atoms with E-state index in [4.69, 9.17) is 24.7 Å². The molecule has 0 aromatic carbocycles. The van der Waals surface area contributed by atoms with E-state index in [1.54, 1.807) is 19.9 Å². The van der Waals surface area contributed by atoms with Gasteiger partial charge in [0.2, 0.25) is 11.6 Å². The number of ketones is 2. The number of nitrogens with two attached hydrogens (primary N) is 1. The average Bonchev–Trinajstić information content (AvgIpc) is 3.29. The first-order chi connectivity index (χ1) is 21.2. The molecule has 3 aliphatic rings. The highest BCUT2D eigenvalue weighted by molar-refractivity contribution is 7.87. The molecule has 1 fully saturated rings. The zero-order chi connectivity index (χ0) is 34.8. The Morgan fingerprint density at radius 2 is 1.80 bits per heavy atom. The Labute approximate surface area is 263 Å². The van der Waals surface area contributed by atoms with E-state index in [0.717, 1.165) is 0 Å². The Bertz CT molecular complexity index is 1540. The van der Waals surface area contributed by atoms with Gasteiger partial charge in [-0.2, -0.15) is 21.6 Å². The first kappa shape index (κ1) is 36.7. The van der Waals surface area contributed by atoms with Crippen molar-refractivity contribution in [2.75, 3.05) is 14.2 Å². The summed E-state index contributed by atoms with van der Waals surface area (Å²) in [7, 11) is -3.61. The summed E-state index contributed by atoms with van der Waals surface area (Å²) in [6.07, 6.45) is 1.47. The van der Waals surface area contributed by atoms with Gasteiger partial charge in [-0.3, -0.25) is 14.4 Å². The number of hydrogen-bond donors (Lipinski definition) is 2. The SMILES string of the molecule is CO[C@H]1C=CC=C(C)C(=O)NC2=CC(=O)C(OS(=O)(=O)C(F)(F)F)=C(C[C@@]3(C)C[C@H](OC)[C@H](O3)[C@@H](C)C=C(C)[C@@H]1OC(N)=O)C2=O. The molecule has 0 unspecified atom stereocenters. The van der Waals surface area contributed by atoms with Crippen LogP contribution in [0.5, 0.6) is 0 Å². The number of rotatable bonds is 5. The Hall–Kier alpha value is -3.80. The normalized spacial score (nSPS) is 30.1. The molecular formula is C29H35F3N2O11S. The van der Waals surface area contributed by atoms with Crippen LogP contribution in [0.1, 0.15) is 40.5 Å². The van der Waals surface area contributed by atoms with Crippen LogP contribution < -0.4 is 11.1 Å². The highest BCUT2D eigenvalue weighted by Gasteiger charge is 2.52. The standard InChI is InChI=1S/C29H35F3N2O11S/c1-14-8-7-9-20(41-5)23(43-27(33)38)15(2)10-16(3)24-21(42-6)13-28(4,44-24)12-17-22(36)18(34-26(14)37)11-19(35)25(17)45-46(39,40)29(30,31)32/h7-11,16,20-21,23-24H,12-13H2,1-6H3,(H2,33,38)(H,34,37)/t16-,20-,21-,23-,24+,28-/m0/s1. The minimum atomic E-state index is -6.36. The summed E-state index contributed by atoms with van der Waals surface area (Å²) in [5.74, 6) is -5.28. The van der Waals surface area contributed by atoms with Crippen molar-refractivity contribution >= 4 is 33.7 Å². The van der Waals surface area contributed by atoms with Gasteiger partial charge in [-0.1, -0.05) is 31.2 Å². The number of alkyl halides is 3. The van der Waals surface area contributed by atoms with Crippen LogP contribution in [0.25, 0.3) is 0 Å². The molecule has 3 rings (SSSR count). The summed E-state index contributed by atoms with van der Waals surface area (Å²) in [6.45, 7) is 6.27. The van der Waals surface area contributed by atoms with Crippen molar-refractivity contribution in [2.45, 2.75) is 76.1 Å². The number of nitrogens with one attached hydrogen (secondary N) is 1. The zero-order valence-electron chi connectivity index (χ0n) is 25.8. The maximum atomic E-state index is 13.6. The van der Waals surface area contributed by atoms with Crippen LogP contribution in [0.4, 0.5) is 18.0 Å². The summed E-state index contributed by atoms with van der Waals surface area (Å²) >= 11 is 0. The fraction of sp³-hybridized carbons (Fsp3) is 0.517. The fourth-order valence-electron chi connectivity index (χ4n) is 5.38. The van der Waals surface area contributed by atoms with Crippen molar-refractivity contribution in [2.24, 2.45) is 11.7 Å². The number of allylic oxidation sites excluding steroid dienone is 4. The molecule has 4 bridgehead atoms. The van der Waals surface area contributed by atoms with Gasteiger partial charge in [-0.25, -0.2) is 4.79 Å². The minimum absolute atomic E-state index is 0.00529. The molecule has 1 saturated heterocycles. The lowest BCUT2D eigenvalue weighted by Crippen LogP contribution is -2.38. The maximum Gasteiger partial charge on any atom is 0.534 e. The van der Waals surface area contributed by atoms with E-state index >= 15 is 0 Å². The smallest absolute Gasteiger partial charge is 0.439 e. The molecule has 0 radical (unpaired) electrons. The second-order valence-electron chi connectivity index (χ2n) is 11.2. The van der Waals surface area contributed by atoms with Crippen molar-refractivity contribution in [1.82, 2.24) is 5.32 Å². The second kappa shape index (κ2) is 13.9. The molecule has 1 aliphatic carbocycles. The van der Waals surface area contributed by atoms with E-state index in [1.165, 1.54) is 46.3 Å². The van der Waals surface area contributed by atoms with Crippen molar-refractivity contribution in [3.05, 3.63) is 58.6 Å². The highest BCUT2D eigenvalue weighted by Crippen LogP contribution is 2.42. The highest BCUT2D eigenvalue weighted by atomic mass is 32.2. The maximum absolute atomic E-state index is 13.6. The molecule has 2 aliphatic heterocycles. The van der Waals surface area contributed by atoms with Gasteiger partial charge >= 0.3 is 21.7 Å². The predicted octanol–water partition coefficient (Wildman–Crippen LogP) is 2.79. The lowest BCUT2D eigenvalue weighted by atomic mass is 9.86. The van der Waals surface area contributed by atoms with Crippen LogP contribution in [0.15, 0.2) is 58.6 Å². The van der Waals surface area contributed by atoms with Crippen molar-refractivity contribution < 1.29 is 63.9 Å². The number of primary amides is 1. The van der Waals surface area contributed by atoms with E-state index < -0.39 is 98.6 Å². The van der Waals surface area contributed by atoms with Crippen LogP contribution in [0.3, 0.4) is 0 Å². The van der Waals surface area contributed by atoms with E-state index in [0.29, 0.717) is 11.6 Å². The number of ether oxygens (including phenoxy) is 4. The van der Waals surface area contributed by atoms with Gasteiger partial charge in [0.1, 0.15) is 6.10 Å². The summed E-state index contributed by atoms with van der Waals surface area (Å²) < 4.78 is 90.6. The second-order valence-corrected chi connectivity index (χ2v) is 12.8. The molecule has 46 heavy (non-hydrogen) atoms. The largest absolute Gasteiger partial charge is 0.534 e. The van der Waals surface area contributed by atoms with Crippen molar-refractivity contribution in [1.29, 1.82) is 0 Å². The monoisotopic (exact) mass is 676 g/mol. The molecule has 13 nitrogen and oxygen atoms in total. The third-order valence-corrected chi connectivity index (χ3v) is 8.55. The summed E-state index contributed by atoms with van der Waals surface area (Å²) in [5, 5.41) is 2.24. The van der Waals surface area contributed by atoms with Crippen LogP contribution >= 0.6 is 0 Å². The number of amides is 2. The van der Waals surface area contributed by atoms with Crippen molar-refractivity contribution in [3.8, 4) is 0 Å². The average molecular weight is 677 g/mol. The van der Waals surface area contributed by atoms with Gasteiger partial charge < -0.3 is 34.2 Å². The number of Topliss-reactive ketones (excluding diaryl/α,β-unsaturated/α-hetero) is 1. The van der Waals surface area contributed by atoms with Gasteiger partial charge in [0, 0.05) is 44.6 Å². The Kier molecular flexibility index (Phi) is 11.1. The number of fused-ring (bicyclic) bond motifs is 4. The van der Waals surface area contributed by atoms with Gasteiger partial charge in [0.25, 0.3) is 5.91 Å². The quantitative estimate of drug-likeness (QED) is 0.189. The molecule has 3 N–H and O–H groups in total. The van der Waals surface area contributed by atoms with Gasteiger partial charge in [-0.15, -0.1) is 0 Å². The van der Waals surface area contributed by atoms with E-state index in [1.807, 2.05) is 0 Å². The number of halogens is 3. The number of carbonyl (C=O) groups excluding carboxylic acids is 4. The molecule has 2 amide bonds. The van der Waals surface area contributed by atoms with E-state index in [9.17, 15) is 40.8 Å². The first-order valence-corrected chi connectivity index (χ1v) is 15.2. The fourth-order valence-corrected chi connectivity index (χ4v) is 5.88. The van der Waals surface area contributed by atoms with E-state index in [-0.39, 0.29) is 12.0 Å². The molecular weight excluding hydrogens is 641 g/mol. The van der Waals surface area contributed by atoms with Gasteiger partial charge in [0.15, 0.2) is 11.9 Å².